The van der Waals surface area contributed by atoms with Crippen molar-refractivity contribution in [2.24, 2.45) is 0 Å². The average molecular weight is 474 g/mol. The third kappa shape index (κ3) is 6.55. The molecule has 34 heavy (non-hydrogen) atoms. The summed E-state index contributed by atoms with van der Waals surface area (Å²) in [6.07, 6.45) is 5.29. The molecule has 2 saturated heterocycles. The number of benzene rings is 1. The number of likely N-dealkylation sites (N-methyl/N-ethyl adjacent to an activating group) is 1. The second-order valence-electron chi connectivity index (χ2n) is 9.46. The fraction of sp³-hybridized carbons (Fsp3) is 0.600. The van der Waals surface area contributed by atoms with Gasteiger partial charge in [0.15, 0.2) is 0 Å². The SMILES string of the molecule is CCCn1cc(CN2CCO[C@@](COc3ccc(F)cc3)(CC(=O)N3CCN(C)CC3)C2)cn1. The second kappa shape index (κ2) is 11.3. The molecule has 4 rings (SSSR count). The Balaban J connectivity index is 1.45. The molecule has 0 bridgehead atoms. The molecule has 3 heterocycles. The Labute approximate surface area is 201 Å². The molecule has 1 amide bonds. The fourth-order valence-corrected chi connectivity index (χ4v) is 4.59. The predicted octanol–water partition coefficient (Wildman–Crippen LogP) is 2.25. The summed E-state index contributed by atoms with van der Waals surface area (Å²) in [7, 11) is 2.07. The molecule has 0 aliphatic carbocycles. The molecule has 1 atom stereocenters. The standard InChI is InChI=1S/C25H36FN5O3/c1-3-8-31-18-21(16-27-31)17-29-13-14-34-25(19-29,20-33-23-6-4-22(26)5-7-23)15-24(32)30-11-9-28(2)10-12-30/h4-7,16,18H,3,8-15,17,19-20H2,1-2H3/t25-/m0/s1. The number of aryl methyl sites for hydroxylation is 1. The van der Waals surface area contributed by atoms with Gasteiger partial charge in [0.25, 0.3) is 0 Å². The van der Waals surface area contributed by atoms with Crippen molar-refractivity contribution in [2.45, 2.75) is 38.5 Å². The molecule has 186 valence electrons. The van der Waals surface area contributed by atoms with Gasteiger partial charge in [0, 0.05) is 64.1 Å². The molecular weight excluding hydrogens is 437 g/mol. The smallest absolute Gasteiger partial charge is 0.225 e. The Hall–Kier alpha value is -2.49. The third-order valence-electron chi connectivity index (χ3n) is 6.52. The van der Waals surface area contributed by atoms with E-state index in [1.165, 1.54) is 12.1 Å². The summed E-state index contributed by atoms with van der Waals surface area (Å²) in [5.41, 5.74) is 0.376. The van der Waals surface area contributed by atoms with Crippen LogP contribution in [0.5, 0.6) is 5.75 Å². The van der Waals surface area contributed by atoms with Crippen molar-refractivity contribution in [2.75, 3.05) is 59.5 Å². The van der Waals surface area contributed by atoms with Gasteiger partial charge in [-0.3, -0.25) is 14.4 Å². The molecular formula is C25H36FN5O3. The zero-order chi connectivity index (χ0) is 24.0. The van der Waals surface area contributed by atoms with Crippen LogP contribution < -0.4 is 4.74 Å². The zero-order valence-electron chi connectivity index (χ0n) is 20.3. The maximum Gasteiger partial charge on any atom is 0.225 e. The topological polar surface area (TPSA) is 63.1 Å². The first-order valence-corrected chi connectivity index (χ1v) is 12.2. The van der Waals surface area contributed by atoms with Crippen LogP contribution in [0.2, 0.25) is 0 Å². The molecule has 0 saturated carbocycles. The Bertz CT molecular complexity index is 929. The first-order chi connectivity index (χ1) is 16.4. The number of piperazine rings is 1. The largest absolute Gasteiger partial charge is 0.491 e. The number of hydrogen-bond donors (Lipinski definition) is 0. The van der Waals surface area contributed by atoms with Crippen molar-refractivity contribution in [3.05, 3.63) is 48.0 Å². The van der Waals surface area contributed by atoms with Crippen LogP contribution in [0.1, 0.15) is 25.3 Å². The molecule has 2 aromatic rings. The quantitative estimate of drug-likeness (QED) is 0.557. The first kappa shape index (κ1) is 24.6. The van der Waals surface area contributed by atoms with Crippen LogP contribution in [-0.4, -0.2) is 95.5 Å². The minimum atomic E-state index is -0.771. The highest BCUT2D eigenvalue weighted by Crippen LogP contribution is 2.27. The number of morpholine rings is 1. The van der Waals surface area contributed by atoms with Crippen LogP contribution in [-0.2, 0) is 22.6 Å². The number of amides is 1. The minimum absolute atomic E-state index is 0.0911. The number of aromatic nitrogens is 2. The molecule has 0 N–H and O–H groups in total. The molecule has 8 nitrogen and oxygen atoms in total. The molecule has 2 fully saturated rings. The van der Waals surface area contributed by atoms with E-state index in [4.69, 9.17) is 9.47 Å². The molecule has 1 aromatic carbocycles. The summed E-state index contributed by atoms with van der Waals surface area (Å²) >= 11 is 0. The molecule has 9 heteroatoms. The molecule has 0 spiro atoms. The summed E-state index contributed by atoms with van der Waals surface area (Å²) in [6.45, 7) is 9.08. The van der Waals surface area contributed by atoms with E-state index in [9.17, 15) is 9.18 Å². The number of rotatable bonds is 9. The van der Waals surface area contributed by atoms with Crippen LogP contribution >= 0.6 is 0 Å². The number of nitrogens with zero attached hydrogens (tertiary/aromatic N) is 5. The number of halogens is 1. The predicted molar refractivity (Wildman–Crippen MR) is 127 cm³/mol. The van der Waals surface area contributed by atoms with Crippen LogP contribution in [0.15, 0.2) is 36.7 Å². The lowest BCUT2D eigenvalue weighted by Crippen LogP contribution is -2.58. The van der Waals surface area contributed by atoms with E-state index < -0.39 is 5.60 Å². The van der Waals surface area contributed by atoms with E-state index in [1.54, 1.807) is 12.1 Å². The summed E-state index contributed by atoms with van der Waals surface area (Å²) in [5, 5.41) is 4.45. The lowest BCUT2D eigenvalue weighted by Gasteiger charge is -2.43. The maximum absolute atomic E-state index is 13.3. The highest BCUT2D eigenvalue weighted by Gasteiger charge is 2.41. The normalized spacial score (nSPS) is 22.1. The molecule has 2 aliphatic heterocycles. The van der Waals surface area contributed by atoms with Crippen molar-refractivity contribution in [1.82, 2.24) is 24.5 Å². The molecule has 0 radical (unpaired) electrons. The van der Waals surface area contributed by atoms with E-state index in [0.29, 0.717) is 18.9 Å². The molecule has 2 aliphatic rings. The maximum atomic E-state index is 13.3. The van der Waals surface area contributed by atoms with Crippen LogP contribution in [0.3, 0.4) is 0 Å². The van der Waals surface area contributed by atoms with Crippen LogP contribution in [0.4, 0.5) is 4.39 Å². The van der Waals surface area contributed by atoms with Crippen molar-refractivity contribution in [3.8, 4) is 5.75 Å². The summed E-state index contributed by atoms with van der Waals surface area (Å²) < 4.78 is 27.6. The van der Waals surface area contributed by atoms with Gasteiger partial charge in [0.2, 0.25) is 5.91 Å². The van der Waals surface area contributed by atoms with Crippen LogP contribution in [0, 0.1) is 5.82 Å². The van der Waals surface area contributed by atoms with E-state index in [0.717, 1.165) is 57.8 Å². The monoisotopic (exact) mass is 473 g/mol. The van der Waals surface area contributed by atoms with Crippen LogP contribution in [0.25, 0.3) is 0 Å². The van der Waals surface area contributed by atoms with Gasteiger partial charge in [-0.25, -0.2) is 4.39 Å². The van der Waals surface area contributed by atoms with Crippen molar-refractivity contribution < 1.29 is 18.7 Å². The number of ether oxygens (including phenoxy) is 2. The Morgan fingerprint density at radius 2 is 1.94 bits per heavy atom. The lowest BCUT2D eigenvalue weighted by molar-refractivity contribution is -0.157. The van der Waals surface area contributed by atoms with E-state index in [2.05, 4.69) is 35.1 Å². The highest BCUT2D eigenvalue weighted by atomic mass is 19.1. The van der Waals surface area contributed by atoms with Gasteiger partial charge in [0.05, 0.1) is 19.2 Å². The number of carbonyl (C=O) groups is 1. The summed E-state index contributed by atoms with van der Waals surface area (Å²) in [5.74, 6) is 0.346. The molecule has 1 aromatic heterocycles. The third-order valence-corrected chi connectivity index (χ3v) is 6.52. The fourth-order valence-electron chi connectivity index (χ4n) is 4.59. The number of hydrogen-bond acceptors (Lipinski definition) is 6. The first-order valence-electron chi connectivity index (χ1n) is 12.2. The van der Waals surface area contributed by atoms with Gasteiger partial charge < -0.3 is 19.3 Å². The van der Waals surface area contributed by atoms with Crippen molar-refractivity contribution >= 4 is 5.91 Å². The Morgan fingerprint density at radius 3 is 2.68 bits per heavy atom. The van der Waals surface area contributed by atoms with Gasteiger partial charge in [-0.1, -0.05) is 6.92 Å². The average Bonchev–Trinajstić information content (AvgIpc) is 3.26. The van der Waals surface area contributed by atoms with E-state index >= 15 is 0 Å². The van der Waals surface area contributed by atoms with E-state index in [1.807, 2.05) is 15.8 Å². The van der Waals surface area contributed by atoms with Crippen molar-refractivity contribution in [3.63, 3.8) is 0 Å². The van der Waals surface area contributed by atoms with Gasteiger partial charge in [-0.05, 0) is 37.7 Å². The summed E-state index contributed by atoms with van der Waals surface area (Å²) in [4.78, 5) is 19.7. The second-order valence-corrected chi connectivity index (χ2v) is 9.46. The summed E-state index contributed by atoms with van der Waals surface area (Å²) in [6, 6.07) is 5.96. The van der Waals surface area contributed by atoms with Gasteiger partial charge in [0.1, 0.15) is 23.8 Å². The number of carbonyl (C=O) groups excluding carboxylic acids is 1. The van der Waals surface area contributed by atoms with Crippen molar-refractivity contribution in [1.29, 1.82) is 0 Å². The lowest BCUT2D eigenvalue weighted by atomic mass is 9.96. The minimum Gasteiger partial charge on any atom is -0.491 e. The van der Waals surface area contributed by atoms with Gasteiger partial charge >= 0.3 is 0 Å². The van der Waals surface area contributed by atoms with Gasteiger partial charge in [-0.15, -0.1) is 0 Å². The zero-order valence-corrected chi connectivity index (χ0v) is 20.3. The van der Waals surface area contributed by atoms with Gasteiger partial charge in [-0.2, -0.15) is 5.10 Å². The highest BCUT2D eigenvalue weighted by molar-refractivity contribution is 5.77. The Morgan fingerprint density at radius 1 is 1.18 bits per heavy atom. The van der Waals surface area contributed by atoms with E-state index in [-0.39, 0.29) is 24.8 Å². The molecule has 0 unspecified atom stereocenters. The Kier molecular flexibility index (Phi) is 8.18.